The summed E-state index contributed by atoms with van der Waals surface area (Å²) in [5.74, 6) is -0.896. The van der Waals surface area contributed by atoms with E-state index in [9.17, 15) is 9.59 Å². The molecule has 2 N–H and O–H groups in total. The number of aromatic nitrogens is 1. The number of carboxylic acids is 1. The molecule has 1 amide bonds. The monoisotopic (exact) mass is 332 g/mol. The highest BCUT2D eigenvalue weighted by atomic mass is 32.1. The van der Waals surface area contributed by atoms with Gasteiger partial charge in [-0.15, -0.1) is 11.3 Å². The van der Waals surface area contributed by atoms with Crippen molar-refractivity contribution in [2.24, 2.45) is 0 Å². The van der Waals surface area contributed by atoms with E-state index in [1.165, 1.54) is 13.2 Å². The topological polar surface area (TPSA) is 88.5 Å². The van der Waals surface area contributed by atoms with Crippen LogP contribution < -0.4 is 10.1 Å². The first-order valence-electron chi connectivity index (χ1n) is 7.25. The van der Waals surface area contributed by atoms with Crippen LogP contribution in [0.2, 0.25) is 0 Å². The molecule has 0 radical (unpaired) electrons. The van der Waals surface area contributed by atoms with Gasteiger partial charge in [0.2, 0.25) is 5.88 Å². The van der Waals surface area contributed by atoms with Crippen LogP contribution in [0.15, 0.2) is 18.2 Å². The van der Waals surface area contributed by atoms with Gasteiger partial charge in [0.15, 0.2) is 0 Å². The second kappa shape index (κ2) is 6.37. The molecule has 0 unspecified atom stereocenters. The Morgan fingerprint density at radius 3 is 2.91 bits per heavy atom. The molecule has 0 saturated heterocycles. The number of ether oxygens (including phenoxy) is 1. The maximum Gasteiger partial charge on any atom is 0.345 e. The van der Waals surface area contributed by atoms with E-state index in [0.29, 0.717) is 11.4 Å². The lowest BCUT2D eigenvalue weighted by atomic mass is 10.1. The van der Waals surface area contributed by atoms with Crippen LogP contribution in [0.5, 0.6) is 5.88 Å². The van der Waals surface area contributed by atoms with Crippen LogP contribution in [0.4, 0.5) is 0 Å². The summed E-state index contributed by atoms with van der Waals surface area (Å²) >= 11 is 1.15. The van der Waals surface area contributed by atoms with Gasteiger partial charge in [-0.1, -0.05) is 0 Å². The number of rotatable bonds is 5. The molecule has 3 rings (SSSR count). The van der Waals surface area contributed by atoms with Crippen molar-refractivity contribution in [3.8, 4) is 5.88 Å². The third-order valence-electron chi connectivity index (χ3n) is 3.75. The Morgan fingerprint density at radius 2 is 2.22 bits per heavy atom. The molecule has 1 aliphatic carbocycles. The SMILES string of the molecule is COc1nc2c(cc1C(=O)NCc1ccc(C(=O)O)s1)CCC2. The van der Waals surface area contributed by atoms with Crippen molar-refractivity contribution in [2.75, 3.05) is 7.11 Å². The van der Waals surface area contributed by atoms with Crippen molar-refractivity contribution >= 4 is 23.2 Å². The van der Waals surface area contributed by atoms with Gasteiger partial charge in [-0.25, -0.2) is 9.78 Å². The molecule has 1 aliphatic rings. The third kappa shape index (κ3) is 3.19. The molecule has 0 saturated carbocycles. The number of aryl methyl sites for hydroxylation is 2. The molecule has 120 valence electrons. The van der Waals surface area contributed by atoms with E-state index in [4.69, 9.17) is 9.84 Å². The Labute approximate surface area is 137 Å². The van der Waals surface area contributed by atoms with Crippen molar-refractivity contribution in [3.05, 3.63) is 44.8 Å². The number of aromatic carboxylic acids is 1. The largest absolute Gasteiger partial charge is 0.480 e. The lowest BCUT2D eigenvalue weighted by Crippen LogP contribution is -2.23. The van der Waals surface area contributed by atoms with Gasteiger partial charge in [-0.2, -0.15) is 0 Å². The van der Waals surface area contributed by atoms with Gasteiger partial charge >= 0.3 is 5.97 Å². The standard InChI is InChI=1S/C16H16N2O4S/c1-22-15-11(7-9-3-2-4-12(9)18-15)14(19)17-8-10-5-6-13(23-10)16(20)21/h5-7H,2-4,8H2,1H3,(H,17,19)(H,20,21). The minimum Gasteiger partial charge on any atom is -0.480 e. The zero-order chi connectivity index (χ0) is 16.4. The third-order valence-corrected chi connectivity index (χ3v) is 4.82. The number of hydrogen-bond donors (Lipinski definition) is 2. The van der Waals surface area contributed by atoms with Gasteiger partial charge in [-0.3, -0.25) is 4.79 Å². The van der Waals surface area contributed by atoms with Crippen LogP contribution in [-0.4, -0.2) is 29.1 Å². The number of methoxy groups -OCH3 is 1. The smallest absolute Gasteiger partial charge is 0.345 e. The molecular weight excluding hydrogens is 316 g/mol. The van der Waals surface area contributed by atoms with Gasteiger partial charge in [0.25, 0.3) is 5.91 Å². The summed E-state index contributed by atoms with van der Waals surface area (Å²) in [6.45, 7) is 0.275. The zero-order valence-corrected chi connectivity index (χ0v) is 13.4. The number of amides is 1. The highest BCUT2D eigenvalue weighted by Gasteiger charge is 2.21. The molecule has 2 aromatic heterocycles. The first kappa shape index (κ1) is 15.5. The molecule has 0 spiro atoms. The van der Waals surface area contributed by atoms with Crippen molar-refractivity contribution in [3.63, 3.8) is 0 Å². The van der Waals surface area contributed by atoms with E-state index in [0.717, 1.165) is 46.7 Å². The molecule has 0 fully saturated rings. The van der Waals surface area contributed by atoms with Crippen molar-refractivity contribution in [1.29, 1.82) is 0 Å². The van der Waals surface area contributed by atoms with Crippen molar-refractivity contribution in [1.82, 2.24) is 10.3 Å². The fourth-order valence-corrected chi connectivity index (χ4v) is 3.41. The lowest BCUT2D eigenvalue weighted by Gasteiger charge is -2.10. The maximum absolute atomic E-state index is 12.4. The van der Waals surface area contributed by atoms with E-state index >= 15 is 0 Å². The van der Waals surface area contributed by atoms with E-state index in [1.807, 2.05) is 6.07 Å². The second-order valence-corrected chi connectivity index (χ2v) is 6.43. The summed E-state index contributed by atoms with van der Waals surface area (Å²) in [6.07, 6.45) is 2.89. The van der Waals surface area contributed by atoms with E-state index in [2.05, 4.69) is 10.3 Å². The zero-order valence-electron chi connectivity index (χ0n) is 12.6. The minimum absolute atomic E-state index is 0.256. The van der Waals surface area contributed by atoms with Crippen LogP contribution in [0.3, 0.4) is 0 Å². The first-order valence-corrected chi connectivity index (χ1v) is 8.07. The fraction of sp³-hybridized carbons (Fsp3) is 0.312. The number of carboxylic acid groups (broad SMARTS) is 1. The van der Waals surface area contributed by atoms with Crippen LogP contribution in [0, 0.1) is 0 Å². The molecule has 7 heteroatoms. The number of nitrogens with one attached hydrogen (secondary N) is 1. The van der Waals surface area contributed by atoms with Gasteiger partial charge in [0.1, 0.15) is 10.4 Å². The molecule has 2 aromatic rings. The average molecular weight is 332 g/mol. The number of fused-ring (bicyclic) bond motifs is 1. The molecule has 23 heavy (non-hydrogen) atoms. The summed E-state index contributed by atoms with van der Waals surface area (Å²) in [4.78, 5) is 28.7. The predicted molar refractivity (Wildman–Crippen MR) is 85.3 cm³/mol. The normalized spacial score (nSPS) is 12.7. The quantitative estimate of drug-likeness (QED) is 0.877. The number of carbonyl (C=O) groups excluding carboxylic acids is 1. The summed E-state index contributed by atoms with van der Waals surface area (Å²) < 4.78 is 5.23. The highest BCUT2D eigenvalue weighted by molar-refractivity contribution is 7.13. The summed E-state index contributed by atoms with van der Waals surface area (Å²) in [6, 6.07) is 5.08. The molecular formula is C16H16N2O4S. The van der Waals surface area contributed by atoms with E-state index in [1.54, 1.807) is 6.07 Å². The Bertz CT molecular complexity index is 769. The summed E-state index contributed by atoms with van der Waals surface area (Å²) in [7, 11) is 1.50. The van der Waals surface area contributed by atoms with Gasteiger partial charge in [0, 0.05) is 10.6 Å². The van der Waals surface area contributed by atoms with Gasteiger partial charge in [0.05, 0.1) is 13.7 Å². The highest BCUT2D eigenvalue weighted by Crippen LogP contribution is 2.26. The van der Waals surface area contributed by atoms with Crippen molar-refractivity contribution < 1.29 is 19.4 Å². The second-order valence-electron chi connectivity index (χ2n) is 5.26. The van der Waals surface area contributed by atoms with E-state index in [-0.39, 0.29) is 17.3 Å². The van der Waals surface area contributed by atoms with Crippen LogP contribution in [0.1, 0.15) is 42.6 Å². The van der Waals surface area contributed by atoms with Crippen LogP contribution in [0.25, 0.3) is 0 Å². The number of thiophene rings is 1. The average Bonchev–Trinajstić information content (AvgIpc) is 3.19. The summed E-state index contributed by atoms with van der Waals surface area (Å²) in [5.41, 5.74) is 2.52. The molecule has 0 atom stereocenters. The predicted octanol–water partition coefficient (Wildman–Crippen LogP) is 2.27. The molecule has 2 heterocycles. The molecule has 0 aromatic carbocycles. The maximum atomic E-state index is 12.4. The fourth-order valence-electron chi connectivity index (χ4n) is 2.62. The lowest BCUT2D eigenvalue weighted by molar-refractivity contribution is 0.0702. The summed E-state index contributed by atoms with van der Waals surface area (Å²) in [5, 5.41) is 11.7. The molecule has 6 nitrogen and oxygen atoms in total. The number of hydrogen-bond acceptors (Lipinski definition) is 5. The van der Waals surface area contributed by atoms with E-state index < -0.39 is 5.97 Å². The number of nitrogens with zero attached hydrogens (tertiary/aromatic N) is 1. The van der Waals surface area contributed by atoms with Crippen LogP contribution >= 0.6 is 11.3 Å². The van der Waals surface area contributed by atoms with Gasteiger partial charge < -0.3 is 15.2 Å². The number of carbonyl (C=O) groups is 2. The van der Waals surface area contributed by atoms with Gasteiger partial charge in [-0.05, 0) is 43.0 Å². The first-order chi connectivity index (χ1) is 11.1. The number of pyridine rings is 1. The Kier molecular flexibility index (Phi) is 4.29. The van der Waals surface area contributed by atoms with Crippen molar-refractivity contribution in [2.45, 2.75) is 25.8 Å². The Morgan fingerprint density at radius 1 is 1.39 bits per heavy atom. The molecule has 0 bridgehead atoms. The Balaban J connectivity index is 1.74. The van der Waals surface area contributed by atoms with Crippen LogP contribution in [-0.2, 0) is 19.4 Å². The Hall–Kier alpha value is -2.41. The minimum atomic E-state index is -0.961. The molecule has 0 aliphatic heterocycles.